The molecule has 0 unspecified atom stereocenters. The van der Waals surface area contributed by atoms with Crippen molar-refractivity contribution < 1.29 is 0 Å². The van der Waals surface area contributed by atoms with Gasteiger partial charge in [-0.05, 0) is 41.4 Å². The van der Waals surface area contributed by atoms with Gasteiger partial charge in [-0.2, -0.15) is 0 Å². The van der Waals surface area contributed by atoms with E-state index >= 15 is 0 Å². The summed E-state index contributed by atoms with van der Waals surface area (Å²) in [6.07, 6.45) is 0. The van der Waals surface area contributed by atoms with E-state index in [1.165, 1.54) is 11.3 Å². The van der Waals surface area contributed by atoms with Gasteiger partial charge < -0.3 is 4.90 Å². The van der Waals surface area contributed by atoms with E-state index in [-0.39, 0.29) is 0 Å². The highest BCUT2D eigenvalue weighted by atomic mass is 32.1. The number of benzene rings is 2. The Morgan fingerprint density at radius 2 is 1.55 bits per heavy atom. The van der Waals surface area contributed by atoms with Crippen LogP contribution in [0.1, 0.15) is 5.56 Å². The fraction of sp³-hybridized carbons (Fsp3) is 0.250. The van der Waals surface area contributed by atoms with Crippen molar-refractivity contribution in [2.45, 2.75) is 13.2 Å². The fourth-order valence-electron chi connectivity index (χ4n) is 4.01. The van der Waals surface area contributed by atoms with Crippen LogP contribution in [0.5, 0.6) is 0 Å². The van der Waals surface area contributed by atoms with Gasteiger partial charge in [-0.25, -0.2) is 4.68 Å². The van der Waals surface area contributed by atoms with Crippen LogP contribution in [0.3, 0.4) is 0 Å². The number of piperazine rings is 1. The van der Waals surface area contributed by atoms with Gasteiger partial charge in [0.05, 0.1) is 18.1 Å². The molecule has 0 spiro atoms. The van der Waals surface area contributed by atoms with Crippen LogP contribution in [-0.2, 0) is 13.2 Å². The maximum atomic E-state index is 5.89. The third-order valence-electron chi connectivity index (χ3n) is 5.68. The van der Waals surface area contributed by atoms with E-state index < -0.39 is 0 Å². The van der Waals surface area contributed by atoms with Gasteiger partial charge in [-0.1, -0.05) is 54.6 Å². The lowest BCUT2D eigenvalue weighted by molar-refractivity contribution is 0.194. The van der Waals surface area contributed by atoms with Gasteiger partial charge in [-0.15, -0.1) is 16.4 Å². The minimum absolute atomic E-state index is 0.724. The minimum atomic E-state index is 0.724. The van der Waals surface area contributed by atoms with E-state index in [9.17, 15) is 0 Å². The van der Waals surface area contributed by atoms with Crippen LogP contribution in [0.25, 0.3) is 10.7 Å². The second-order valence-electron chi connectivity index (χ2n) is 7.74. The topological polar surface area (TPSA) is 29.2 Å². The molecule has 1 fully saturated rings. The Bertz CT molecular complexity index is 1160. The Morgan fingerprint density at radius 3 is 2.23 bits per heavy atom. The van der Waals surface area contributed by atoms with Gasteiger partial charge in [0.15, 0.2) is 10.6 Å². The van der Waals surface area contributed by atoms with E-state index in [1.807, 2.05) is 10.7 Å². The van der Waals surface area contributed by atoms with Gasteiger partial charge in [0, 0.05) is 31.9 Å². The summed E-state index contributed by atoms with van der Waals surface area (Å²) in [5.41, 5.74) is 2.53. The zero-order chi connectivity index (χ0) is 21.0. The van der Waals surface area contributed by atoms with Gasteiger partial charge in [0.2, 0.25) is 0 Å². The number of anilines is 1. The Hall–Kier alpha value is -2.74. The van der Waals surface area contributed by atoms with Crippen molar-refractivity contribution in [3.63, 3.8) is 0 Å². The first-order chi connectivity index (χ1) is 15.3. The summed E-state index contributed by atoms with van der Waals surface area (Å²) in [6.45, 7) is 5.48. The number of hydrogen-bond acceptors (Lipinski definition) is 5. The Balaban J connectivity index is 1.35. The predicted molar refractivity (Wildman–Crippen MR) is 130 cm³/mol. The zero-order valence-electron chi connectivity index (χ0n) is 17.3. The van der Waals surface area contributed by atoms with Gasteiger partial charge in [-0.3, -0.25) is 9.47 Å². The molecule has 0 radical (unpaired) electrons. The molecule has 4 aromatic rings. The lowest BCUT2D eigenvalue weighted by Crippen LogP contribution is -2.47. The average molecular weight is 448 g/mol. The summed E-state index contributed by atoms with van der Waals surface area (Å²) in [7, 11) is 0. The number of nitrogens with zero attached hydrogens (tertiary/aromatic N) is 5. The van der Waals surface area contributed by atoms with Crippen LogP contribution in [0.4, 0.5) is 5.69 Å². The summed E-state index contributed by atoms with van der Waals surface area (Å²) >= 11 is 7.59. The zero-order valence-corrected chi connectivity index (χ0v) is 18.9. The number of thiophene rings is 1. The molecule has 0 saturated carbocycles. The summed E-state index contributed by atoms with van der Waals surface area (Å²) in [6, 6.07) is 25.3. The molecule has 0 bridgehead atoms. The van der Waals surface area contributed by atoms with Crippen molar-refractivity contribution in [3.05, 3.63) is 88.5 Å². The Morgan fingerprint density at radius 1 is 0.839 bits per heavy atom. The molecule has 0 amide bonds. The van der Waals surface area contributed by atoms with Crippen LogP contribution < -0.4 is 4.90 Å². The monoisotopic (exact) mass is 447 g/mol. The molecule has 7 heteroatoms. The quantitative estimate of drug-likeness (QED) is 0.390. The molecule has 0 aliphatic carbocycles. The van der Waals surface area contributed by atoms with E-state index in [4.69, 9.17) is 17.3 Å². The predicted octanol–water partition coefficient (Wildman–Crippen LogP) is 4.97. The van der Waals surface area contributed by atoms with Crippen molar-refractivity contribution in [2.75, 3.05) is 31.1 Å². The molecule has 1 aliphatic rings. The molecule has 1 saturated heterocycles. The largest absolute Gasteiger partial charge is 0.369 e. The second kappa shape index (κ2) is 9.18. The maximum absolute atomic E-state index is 5.89. The lowest BCUT2D eigenvalue weighted by Gasteiger charge is -2.35. The molecule has 1 aliphatic heterocycles. The number of aromatic nitrogens is 3. The van der Waals surface area contributed by atoms with Crippen LogP contribution in [0, 0.1) is 4.77 Å². The van der Waals surface area contributed by atoms with Crippen LogP contribution in [0.2, 0.25) is 0 Å². The summed E-state index contributed by atoms with van der Waals surface area (Å²) < 4.78 is 4.93. The molecule has 2 aromatic carbocycles. The molecule has 0 atom stereocenters. The van der Waals surface area contributed by atoms with Crippen molar-refractivity contribution in [1.29, 1.82) is 0 Å². The number of para-hydroxylation sites is 1. The fourth-order valence-corrected chi connectivity index (χ4v) is 4.97. The van der Waals surface area contributed by atoms with E-state index in [1.54, 1.807) is 11.3 Å². The molecule has 158 valence electrons. The molecule has 2 aromatic heterocycles. The minimum Gasteiger partial charge on any atom is -0.369 e. The normalized spacial score (nSPS) is 14.8. The Kier molecular flexibility index (Phi) is 5.97. The molecule has 31 heavy (non-hydrogen) atoms. The third-order valence-corrected chi connectivity index (χ3v) is 6.97. The first-order valence-corrected chi connectivity index (χ1v) is 11.8. The average Bonchev–Trinajstić information content (AvgIpc) is 3.45. The van der Waals surface area contributed by atoms with Crippen molar-refractivity contribution in [3.8, 4) is 10.7 Å². The molecular formula is C24H25N5S2. The van der Waals surface area contributed by atoms with Crippen LogP contribution in [0.15, 0.2) is 78.2 Å². The second-order valence-corrected chi connectivity index (χ2v) is 9.05. The number of hydrogen-bond donors (Lipinski definition) is 0. The SMILES string of the molecule is S=c1n(CN2CCN(c3ccccc3)CC2)nc(-c2cccs2)n1Cc1ccccc1. The van der Waals surface area contributed by atoms with Crippen molar-refractivity contribution >= 4 is 29.2 Å². The molecule has 0 N–H and O–H groups in total. The van der Waals surface area contributed by atoms with Crippen LogP contribution in [-0.4, -0.2) is 45.4 Å². The van der Waals surface area contributed by atoms with Gasteiger partial charge >= 0.3 is 0 Å². The highest BCUT2D eigenvalue weighted by molar-refractivity contribution is 7.71. The molecular weight excluding hydrogens is 422 g/mol. The third kappa shape index (κ3) is 4.49. The maximum Gasteiger partial charge on any atom is 0.199 e. The van der Waals surface area contributed by atoms with E-state index in [0.29, 0.717) is 0 Å². The number of rotatable bonds is 6. The van der Waals surface area contributed by atoms with Gasteiger partial charge in [0.1, 0.15) is 0 Å². The lowest BCUT2D eigenvalue weighted by atomic mass is 10.2. The summed E-state index contributed by atoms with van der Waals surface area (Å²) in [5.74, 6) is 0.951. The highest BCUT2D eigenvalue weighted by Crippen LogP contribution is 2.25. The van der Waals surface area contributed by atoms with Crippen LogP contribution >= 0.6 is 23.6 Å². The first kappa shape index (κ1) is 20.2. The van der Waals surface area contributed by atoms with Crippen molar-refractivity contribution in [1.82, 2.24) is 19.2 Å². The molecule has 5 rings (SSSR count). The highest BCUT2D eigenvalue weighted by Gasteiger charge is 2.20. The standard InChI is InChI=1S/C24H25N5S2/c30-24-28(18-20-8-3-1-4-9-20)23(22-12-7-17-31-22)25-29(24)19-26-13-15-27(16-14-26)21-10-5-2-6-11-21/h1-12,17H,13-16,18-19H2. The van der Waals surface area contributed by atoms with E-state index in [2.05, 4.69) is 86.5 Å². The first-order valence-electron chi connectivity index (χ1n) is 10.6. The molecule has 3 heterocycles. The van der Waals surface area contributed by atoms with Crippen molar-refractivity contribution in [2.24, 2.45) is 0 Å². The van der Waals surface area contributed by atoms with E-state index in [0.717, 1.165) is 54.9 Å². The Labute approximate surface area is 191 Å². The summed E-state index contributed by atoms with van der Waals surface area (Å²) in [5, 5.41) is 7.04. The van der Waals surface area contributed by atoms with Gasteiger partial charge in [0.25, 0.3) is 0 Å². The smallest absolute Gasteiger partial charge is 0.199 e. The molecule has 5 nitrogen and oxygen atoms in total. The summed E-state index contributed by atoms with van der Waals surface area (Å²) in [4.78, 5) is 6.03.